The highest BCUT2D eigenvalue weighted by Gasteiger charge is 2.25. The number of unbranched alkanes of at least 4 members (excludes halogenated alkanes) is 17. The first-order valence-corrected chi connectivity index (χ1v) is 25.1. The molecule has 0 amide bonds. The number of rotatable bonds is 44. The van der Waals surface area contributed by atoms with Gasteiger partial charge in [-0.05, 0) is 89.9 Å². The van der Waals surface area contributed by atoms with E-state index in [-0.39, 0.29) is 38.8 Å². The number of phosphoric ester groups is 1. The van der Waals surface area contributed by atoms with Gasteiger partial charge in [-0.2, -0.15) is 0 Å². The average Bonchev–Trinajstić information content (AvgIpc) is 3.23. The summed E-state index contributed by atoms with van der Waals surface area (Å²) in [5.74, 6) is -0.359. The fourth-order valence-corrected chi connectivity index (χ4v) is 6.88. The number of esters is 1. The van der Waals surface area contributed by atoms with Crippen molar-refractivity contribution in [3.63, 3.8) is 0 Å². The molecule has 8 nitrogen and oxygen atoms in total. The molecule has 9 heteroatoms. The summed E-state index contributed by atoms with van der Waals surface area (Å²) in [5.41, 5.74) is 5.38. The fourth-order valence-electron chi connectivity index (χ4n) is 6.11. The number of hydrogen-bond donors (Lipinski definition) is 2. The molecule has 0 heterocycles. The highest BCUT2D eigenvalue weighted by molar-refractivity contribution is 7.47. The molecule has 0 aliphatic rings. The second-order valence-electron chi connectivity index (χ2n) is 15.2. The summed E-state index contributed by atoms with van der Waals surface area (Å²) in [6.45, 7) is 4.75. The molecule has 0 saturated carbocycles. The Morgan fingerprint density at radius 1 is 0.525 bits per heavy atom. The lowest BCUT2D eigenvalue weighted by atomic mass is 10.1. The third kappa shape index (κ3) is 46.6. The quantitative estimate of drug-likeness (QED) is 0.0269. The van der Waals surface area contributed by atoms with Gasteiger partial charge in [0.15, 0.2) is 0 Å². The molecular formula is C50H88NO7P. The van der Waals surface area contributed by atoms with E-state index >= 15 is 0 Å². The zero-order valence-electron chi connectivity index (χ0n) is 37.7. The van der Waals surface area contributed by atoms with E-state index in [1.165, 1.54) is 83.5 Å². The van der Waals surface area contributed by atoms with Gasteiger partial charge >= 0.3 is 13.8 Å². The largest absolute Gasteiger partial charge is 0.472 e. The monoisotopic (exact) mass is 846 g/mol. The number of phosphoric acid groups is 1. The number of ether oxygens (including phenoxy) is 2. The van der Waals surface area contributed by atoms with Gasteiger partial charge in [-0.3, -0.25) is 13.8 Å². The molecule has 2 atom stereocenters. The van der Waals surface area contributed by atoms with Gasteiger partial charge in [0, 0.05) is 19.6 Å². The van der Waals surface area contributed by atoms with E-state index in [9.17, 15) is 14.3 Å². The number of carbonyl (C=O) groups excluding carboxylic acids is 1. The van der Waals surface area contributed by atoms with Gasteiger partial charge in [0.25, 0.3) is 0 Å². The van der Waals surface area contributed by atoms with Crippen molar-refractivity contribution in [2.45, 2.75) is 193 Å². The number of allylic oxidation sites excluding steroid dienone is 14. The van der Waals surface area contributed by atoms with Crippen molar-refractivity contribution in [1.29, 1.82) is 0 Å². The van der Waals surface area contributed by atoms with E-state index in [0.717, 1.165) is 83.5 Å². The molecule has 340 valence electrons. The van der Waals surface area contributed by atoms with Gasteiger partial charge in [-0.25, -0.2) is 4.57 Å². The molecule has 0 rings (SSSR count). The highest BCUT2D eigenvalue weighted by Crippen LogP contribution is 2.43. The summed E-state index contributed by atoms with van der Waals surface area (Å²) in [4.78, 5) is 22.5. The topological polar surface area (TPSA) is 117 Å². The van der Waals surface area contributed by atoms with Gasteiger partial charge in [-0.15, -0.1) is 0 Å². The molecule has 0 aromatic rings. The Balaban J connectivity index is 4.09. The second-order valence-corrected chi connectivity index (χ2v) is 16.7. The Morgan fingerprint density at radius 2 is 0.949 bits per heavy atom. The molecule has 0 bridgehead atoms. The van der Waals surface area contributed by atoms with Crippen LogP contribution in [0.3, 0.4) is 0 Å². The van der Waals surface area contributed by atoms with Gasteiger partial charge in [-0.1, -0.05) is 176 Å². The number of carbonyl (C=O) groups is 1. The van der Waals surface area contributed by atoms with Gasteiger partial charge in [0.2, 0.25) is 0 Å². The van der Waals surface area contributed by atoms with Crippen LogP contribution in [-0.2, 0) is 27.9 Å². The minimum atomic E-state index is -4.29. The zero-order chi connectivity index (χ0) is 43.0. The SMILES string of the molecule is CC/C=C\C/C=C\C/C=C\C/C=C\C/C=C\C/C=C\CCCCCCC(=O)OC(COCCCCCCCC/C=C\CCCCCCCCC)COP(=O)(O)OCCN. The van der Waals surface area contributed by atoms with Crippen molar-refractivity contribution in [2.24, 2.45) is 5.73 Å². The van der Waals surface area contributed by atoms with E-state index < -0.39 is 13.9 Å². The Morgan fingerprint density at radius 3 is 1.44 bits per heavy atom. The normalized spacial score (nSPS) is 14.2. The van der Waals surface area contributed by atoms with Crippen molar-refractivity contribution in [3.05, 3.63) is 85.1 Å². The molecule has 2 unspecified atom stereocenters. The Kier molecular flexibility index (Phi) is 44.9. The molecule has 0 saturated heterocycles. The smallest absolute Gasteiger partial charge is 0.457 e. The standard InChI is InChI=1S/C50H88NO7P/c1-3-5-7-9-11-13-15-17-19-21-22-23-24-25-26-27-29-31-33-35-37-39-41-43-50(52)58-49(48-57-59(53,54)56-46-44-51)47-55-45-42-40-38-36-34-32-30-28-20-18-16-14-12-10-8-6-4-2/h5,7,11,13,17,19-20,22-23,25-26,28-29,31,49H,3-4,6,8-10,12,14-16,18,21,24,27,30,32-48,51H2,1-2H3,(H,53,54)/b7-5-,13-11-,19-17-,23-22-,26-25-,28-20-,31-29-. The van der Waals surface area contributed by atoms with E-state index in [2.05, 4.69) is 98.9 Å². The zero-order valence-corrected chi connectivity index (χ0v) is 38.6. The summed E-state index contributed by atoms with van der Waals surface area (Å²) >= 11 is 0. The molecule has 3 N–H and O–H groups in total. The van der Waals surface area contributed by atoms with Crippen molar-refractivity contribution in [1.82, 2.24) is 0 Å². The van der Waals surface area contributed by atoms with E-state index in [1.807, 2.05) is 0 Å². The van der Waals surface area contributed by atoms with Crippen molar-refractivity contribution in [3.8, 4) is 0 Å². The van der Waals surface area contributed by atoms with Crippen LogP contribution in [0.1, 0.15) is 187 Å². The summed E-state index contributed by atoms with van der Waals surface area (Å²) in [7, 11) is -4.29. The van der Waals surface area contributed by atoms with Crippen LogP contribution in [0.2, 0.25) is 0 Å². The molecule has 0 aromatic carbocycles. The maximum absolute atomic E-state index is 12.6. The minimum absolute atomic E-state index is 0.0905. The second kappa shape index (κ2) is 46.7. The van der Waals surface area contributed by atoms with Crippen LogP contribution in [0.15, 0.2) is 85.1 Å². The predicted molar refractivity (Wildman–Crippen MR) is 251 cm³/mol. The molecule has 0 aliphatic heterocycles. The third-order valence-corrected chi connectivity index (χ3v) is 10.5. The van der Waals surface area contributed by atoms with Crippen molar-refractivity contribution in [2.75, 3.05) is 33.0 Å². The predicted octanol–water partition coefficient (Wildman–Crippen LogP) is 14.5. The maximum Gasteiger partial charge on any atom is 0.472 e. The summed E-state index contributed by atoms with van der Waals surface area (Å²) in [6, 6.07) is 0. The van der Waals surface area contributed by atoms with E-state index in [0.29, 0.717) is 6.61 Å². The molecule has 0 radical (unpaired) electrons. The highest BCUT2D eigenvalue weighted by atomic mass is 31.2. The van der Waals surface area contributed by atoms with Crippen LogP contribution >= 0.6 is 7.82 Å². The molecule has 0 spiro atoms. The van der Waals surface area contributed by atoms with Crippen LogP contribution in [0.25, 0.3) is 0 Å². The van der Waals surface area contributed by atoms with Crippen LogP contribution in [0.4, 0.5) is 0 Å². The molecular weight excluding hydrogens is 758 g/mol. The first kappa shape index (κ1) is 56.7. The lowest BCUT2D eigenvalue weighted by Gasteiger charge is -2.20. The Labute approximate surface area is 362 Å². The van der Waals surface area contributed by atoms with Gasteiger partial charge < -0.3 is 20.1 Å². The van der Waals surface area contributed by atoms with Crippen LogP contribution < -0.4 is 5.73 Å². The third-order valence-electron chi connectivity index (χ3n) is 9.55. The summed E-state index contributed by atoms with van der Waals surface area (Å²) < 4.78 is 33.5. The first-order chi connectivity index (χ1) is 28.9. The lowest BCUT2D eigenvalue weighted by Crippen LogP contribution is -2.28. The minimum Gasteiger partial charge on any atom is -0.457 e. The molecule has 59 heavy (non-hydrogen) atoms. The molecule has 0 fully saturated rings. The molecule has 0 aromatic heterocycles. The van der Waals surface area contributed by atoms with Gasteiger partial charge in [0.1, 0.15) is 6.10 Å². The maximum atomic E-state index is 12.6. The van der Waals surface area contributed by atoms with Crippen LogP contribution in [-0.4, -0.2) is 49.9 Å². The van der Waals surface area contributed by atoms with Crippen LogP contribution in [0.5, 0.6) is 0 Å². The van der Waals surface area contributed by atoms with E-state index in [4.69, 9.17) is 24.3 Å². The van der Waals surface area contributed by atoms with E-state index in [1.54, 1.807) is 0 Å². The first-order valence-electron chi connectivity index (χ1n) is 23.6. The van der Waals surface area contributed by atoms with Crippen molar-refractivity contribution < 1.29 is 32.8 Å². The summed E-state index contributed by atoms with van der Waals surface area (Å²) in [6.07, 6.45) is 60.3. The van der Waals surface area contributed by atoms with Crippen molar-refractivity contribution >= 4 is 13.8 Å². The Bertz CT molecular complexity index is 1180. The fraction of sp³-hybridized carbons (Fsp3) is 0.700. The number of hydrogen-bond acceptors (Lipinski definition) is 7. The number of nitrogens with two attached hydrogens (primary N) is 1. The van der Waals surface area contributed by atoms with Crippen LogP contribution in [0, 0.1) is 0 Å². The summed E-state index contributed by atoms with van der Waals surface area (Å²) in [5, 5.41) is 0. The average molecular weight is 846 g/mol. The lowest BCUT2D eigenvalue weighted by molar-refractivity contribution is -0.154. The van der Waals surface area contributed by atoms with Gasteiger partial charge in [0.05, 0.1) is 19.8 Å². The Hall–Kier alpha value is -2.32. The molecule has 0 aliphatic carbocycles.